The lowest BCUT2D eigenvalue weighted by atomic mass is 10.1. The molecular weight excluding hydrogens is 410 g/mol. The van der Waals surface area contributed by atoms with Crippen molar-refractivity contribution in [3.63, 3.8) is 0 Å². The van der Waals surface area contributed by atoms with Gasteiger partial charge in [0.2, 0.25) is 5.91 Å². The molecule has 0 radical (unpaired) electrons. The first-order valence-electron chi connectivity index (χ1n) is 9.22. The molecule has 2 aromatic carbocycles. The fourth-order valence-electron chi connectivity index (χ4n) is 2.87. The number of rotatable bonds is 6. The molecule has 0 saturated carbocycles. The quantitative estimate of drug-likeness (QED) is 0.686. The normalized spacial score (nSPS) is 15.6. The molecule has 156 valence electrons. The minimum Gasteiger partial charge on any atom is -0.455 e. The Kier molecular flexibility index (Phi) is 6.68. The number of nitrogens with one attached hydrogen (secondary N) is 2. The summed E-state index contributed by atoms with van der Waals surface area (Å²) >= 11 is 6.01. The van der Waals surface area contributed by atoms with Crippen LogP contribution in [0.1, 0.15) is 22.3 Å². The molecule has 1 heterocycles. The number of amides is 3. The lowest BCUT2D eigenvalue weighted by Gasteiger charge is -2.17. The molecule has 8 nitrogen and oxygen atoms in total. The van der Waals surface area contributed by atoms with Crippen LogP contribution in [0.15, 0.2) is 48.5 Å². The van der Waals surface area contributed by atoms with E-state index in [1.165, 1.54) is 0 Å². The average molecular weight is 430 g/mol. The van der Waals surface area contributed by atoms with Gasteiger partial charge in [0, 0.05) is 22.7 Å². The van der Waals surface area contributed by atoms with E-state index in [1.807, 2.05) is 6.92 Å². The number of carbonyl (C=O) groups excluding carboxylic acids is 4. The van der Waals surface area contributed by atoms with Crippen LogP contribution in [-0.4, -0.2) is 41.9 Å². The number of hydrazine groups is 1. The molecule has 1 saturated heterocycles. The van der Waals surface area contributed by atoms with Crippen molar-refractivity contribution >= 4 is 41.0 Å². The first-order chi connectivity index (χ1) is 14.3. The van der Waals surface area contributed by atoms with Crippen molar-refractivity contribution in [1.82, 2.24) is 10.4 Å². The van der Waals surface area contributed by atoms with Crippen molar-refractivity contribution in [2.45, 2.75) is 13.3 Å². The second-order valence-corrected chi connectivity index (χ2v) is 7.24. The molecule has 3 amide bonds. The fraction of sp³-hybridized carbons (Fsp3) is 0.238. The van der Waals surface area contributed by atoms with Gasteiger partial charge in [0.25, 0.3) is 11.8 Å². The number of benzene rings is 2. The molecule has 0 aliphatic carbocycles. The molecule has 1 fully saturated rings. The third kappa shape index (κ3) is 5.36. The van der Waals surface area contributed by atoms with Gasteiger partial charge in [0.1, 0.15) is 0 Å². The summed E-state index contributed by atoms with van der Waals surface area (Å²) in [6, 6.07) is 13.4. The van der Waals surface area contributed by atoms with Crippen LogP contribution >= 0.6 is 11.6 Å². The van der Waals surface area contributed by atoms with E-state index in [4.69, 9.17) is 16.3 Å². The summed E-state index contributed by atoms with van der Waals surface area (Å²) < 4.78 is 5.02. The SMILES string of the molecule is Cc1ccc(NC(=O)COC(=O)[C@H]2CC(=O)N(NC(=O)c3ccccc3)C2)cc1Cl. The predicted molar refractivity (Wildman–Crippen MR) is 110 cm³/mol. The lowest BCUT2D eigenvalue weighted by Crippen LogP contribution is -2.43. The number of carbonyl (C=O) groups is 4. The van der Waals surface area contributed by atoms with Gasteiger partial charge in [0.05, 0.1) is 12.5 Å². The van der Waals surface area contributed by atoms with Gasteiger partial charge < -0.3 is 10.1 Å². The fourth-order valence-corrected chi connectivity index (χ4v) is 3.05. The van der Waals surface area contributed by atoms with E-state index in [0.29, 0.717) is 16.3 Å². The Morgan fingerprint density at radius 2 is 1.90 bits per heavy atom. The maximum atomic E-state index is 12.2. The van der Waals surface area contributed by atoms with Crippen LogP contribution in [0.25, 0.3) is 0 Å². The van der Waals surface area contributed by atoms with Crippen LogP contribution in [0.4, 0.5) is 5.69 Å². The van der Waals surface area contributed by atoms with Crippen molar-refractivity contribution < 1.29 is 23.9 Å². The van der Waals surface area contributed by atoms with Gasteiger partial charge in [0.15, 0.2) is 6.61 Å². The largest absolute Gasteiger partial charge is 0.455 e. The van der Waals surface area contributed by atoms with Crippen LogP contribution < -0.4 is 10.7 Å². The zero-order valence-electron chi connectivity index (χ0n) is 16.2. The summed E-state index contributed by atoms with van der Waals surface area (Å²) in [6.07, 6.45) is -0.108. The second-order valence-electron chi connectivity index (χ2n) is 6.83. The minimum atomic E-state index is -0.768. The number of anilines is 1. The third-order valence-corrected chi connectivity index (χ3v) is 4.94. The molecule has 1 atom stereocenters. The predicted octanol–water partition coefficient (Wildman–Crippen LogP) is 2.32. The van der Waals surface area contributed by atoms with Crippen molar-refractivity contribution in [3.05, 3.63) is 64.7 Å². The number of hydrogen-bond donors (Lipinski definition) is 2. The van der Waals surface area contributed by atoms with E-state index in [2.05, 4.69) is 10.7 Å². The minimum absolute atomic E-state index is 0.0224. The number of halogens is 1. The number of hydrogen-bond acceptors (Lipinski definition) is 5. The Balaban J connectivity index is 1.47. The van der Waals surface area contributed by atoms with Gasteiger partial charge >= 0.3 is 5.97 Å². The summed E-state index contributed by atoms with van der Waals surface area (Å²) in [7, 11) is 0. The van der Waals surface area contributed by atoms with Crippen LogP contribution in [-0.2, 0) is 19.1 Å². The highest BCUT2D eigenvalue weighted by Crippen LogP contribution is 2.20. The zero-order valence-corrected chi connectivity index (χ0v) is 16.9. The molecule has 0 spiro atoms. The molecule has 2 aromatic rings. The van der Waals surface area contributed by atoms with Crippen LogP contribution in [0.3, 0.4) is 0 Å². The van der Waals surface area contributed by atoms with Crippen LogP contribution in [0, 0.1) is 12.8 Å². The van der Waals surface area contributed by atoms with E-state index in [0.717, 1.165) is 10.6 Å². The molecule has 1 aliphatic heterocycles. The lowest BCUT2D eigenvalue weighted by molar-refractivity contribution is -0.151. The van der Waals surface area contributed by atoms with Gasteiger partial charge in [-0.1, -0.05) is 35.9 Å². The third-order valence-electron chi connectivity index (χ3n) is 4.53. The summed E-state index contributed by atoms with van der Waals surface area (Å²) in [5.74, 6) is -2.83. The van der Waals surface area contributed by atoms with Crippen LogP contribution in [0.2, 0.25) is 5.02 Å². The van der Waals surface area contributed by atoms with E-state index in [9.17, 15) is 19.2 Å². The zero-order chi connectivity index (χ0) is 21.7. The van der Waals surface area contributed by atoms with Crippen LogP contribution in [0.5, 0.6) is 0 Å². The first-order valence-corrected chi connectivity index (χ1v) is 9.60. The molecule has 0 unspecified atom stereocenters. The van der Waals surface area contributed by atoms with Gasteiger partial charge in [-0.25, -0.2) is 0 Å². The highest BCUT2D eigenvalue weighted by molar-refractivity contribution is 6.31. The van der Waals surface area contributed by atoms with E-state index >= 15 is 0 Å². The monoisotopic (exact) mass is 429 g/mol. The molecular formula is C21H20ClN3O5. The molecule has 1 aliphatic rings. The second kappa shape index (κ2) is 9.41. The van der Waals surface area contributed by atoms with Gasteiger partial charge in [-0.2, -0.15) is 0 Å². The van der Waals surface area contributed by atoms with Gasteiger partial charge in [-0.15, -0.1) is 0 Å². The summed E-state index contributed by atoms with van der Waals surface area (Å²) in [4.78, 5) is 48.5. The Labute approximate surface area is 178 Å². The summed E-state index contributed by atoms with van der Waals surface area (Å²) in [5, 5.41) is 4.18. The highest BCUT2D eigenvalue weighted by Gasteiger charge is 2.36. The van der Waals surface area contributed by atoms with Crippen molar-refractivity contribution in [1.29, 1.82) is 0 Å². The molecule has 0 aromatic heterocycles. The molecule has 30 heavy (non-hydrogen) atoms. The molecule has 9 heteroatoms. The number of nitrogens with zero attached hydrogens (tertiary/aromatic N) is 1. The average Bonchev–Trinajstić information content (AvgIpc) is 3.10. The summed E-state index contributed by atoms with van der Waals surface area (Å²) in [5.41, 5.74) is 4.23. The number of aryl methyl sites for hydroxylation is 1. The summed E-state index contributed by atoms with van der Waals surface area (Å²) in [6.45, 7) is 1.32. The molecule has 3 rings (SSSR count). The first kappa shape index (κ1) is 21.3. The topological polar surface area (TPSA) is 105 Å². The maximum Gasteiger partial charge on any atom is 0.311 e. The highest BCUT2D eigenvalue weighted by atomic mass is 35.5. The Hall–Kier alpha value is -3.39. The molecule has 0 bridgehead atoms. The van der Waals surface area contributed by atoms with Crippen molar-refractivity contribution in [2.24, 2.45) is 5.92 Å². The maximum absolute atomic E-state index is 12.2. The Morgan fingerprint density at radius 3 is 2.60 bits per heavy atom. The standard InChI is InChI=1S/C21H20ClN3O5/c1-13-7-8-16(10-17(13)22)23-18(26)12-30-21(29)15-9-19(27)25(11-15)24-20(28)14-5-3-2-4-6-14/h2-8,10,15H,9,11-12H2,1H3,(H,23,26)(H,24,28)/t15-/m0/s1. The molecule has 2 N–H and O–H groups in total. The van der Waals surface area contributed by atoms with Gasteiger partial charge in [-0.05, 0) is 36.8 Å². The smallest absolute Gasteiger partial charge is 0.311 e. The number of esters is 1. The van der Waals surface area contributed by atoms with Crippen molar-refractivity contribution in [3.8, 4) is 0 Å². The number of ether oxygens (including phenoxy) is 1. The van der Waals surface area contributed by atoms with E-state index in [-0.39, 0.29) is 13.0 Å². The Bertz CT molecular complexity index is 980. The van der Waals surface area contributed by atoms with Crippen molar-refractivity contribution in [2.75, 3.05) is 18.5 Å². The van der Waals surface area contributed by atoms with Gasteiger partial charge in [-0.3, -0.25) is 29.6 Å². The van der Waals surface area contributed by atoms with E-state index in [1.54, 1.807) is 48.5 Å². The van der Waals surface area contributed by atoms with E-state index < -0.39 is 36.2 Å². The Morgan fingerprint density at radius 1 is 1.17 bits per heavy atom.